The summed E-state index contributed by atoms with van der Waals surface area (Å²) in [4.78, 5) is 76.7. The third kappa shape index (κ3) is 7.09. The van der Waals surface area contributed by atoms with E-state index in [0.29, 0.717) is 11.8 Å². The molecule has 3 N–H and O–H groups in total. The number of sulfonamides is 1. The number of benzene rings is 2. The summed E-state index contributed by atoms with van der Waals surface area (Å²) in [7, 11) is -3.83. The van der Waals surface area contributed by atoms with Crippen molar-refractivity contribution in [3.8, 4) is 0 Å². The summed E-state index contributed by atoms with van der Waals surface area (Å²) in [5.41, 5.74) is 0.198. The molecule has 2 saturated heterocycles. The number of carbonyl (C=O) groups excluding carboxylic acids is 5. The van der Waals surface area contributed by atoms with E-state index in [-0.39, 0.29) is 31.4 Å². The van der Waals surface area contributed by atoms with E-state index < -0.39 is 76.6 Å². The molecule has 0 aromatic heterocycles. The fourth-order valence-corrected chi connectivity index (χ4v) is 5.78. The van der Waals surface area contributed by atoms with E-state index in [4.69, 9.17) is 4.74 Å². The highest BCUT2D eigenvalue weighted by Gasteiger charge is 2.45. The molecule has 2 aliphatic rings. The van der Waals surface area contributed by atoms with Gasteiger partial charge in [0.05, 0.1) is 18.2 Å². The van der Waals surface area contributed by atoms with E-state index in [2.05, 4.69) is 10.0 Å². The van der Waals surface area contributed by atoms with Crippen LogP contribution in [-0.2, 0) is 38.7 Å². The number of rotatable bonds is 10. The first-order valence-electron chi connectivity index (χ1n) is 13.2. The van der Waals surface area contributed by atoms with Gasteiger partial charge in [-0.05, 0) is 36.1 Å². The first kappa shape index (κ1) is 30.6. The highest BCUT2D eigenvalue weighted by atomic mass is 32.2. The number of amides is 3. The number of hydrogen-bond donors (Lipinski definition) is 3. The Balaban J connectivity index is 1.49. The number of hydrazine groups is 1. The van der Waals surface area contributed by atoms with E-state index >= 15 is 0 Å². The second-order valence-corrected chi connectivity index (χ2v) is 11.8. The van der Waals surface area contributed by atoms with Gasteiger partial charge in [-0.15, -0.1) is 0 Å². The Labute approximate surface area is 241 Å². The van der Waals surface area contributed by atoms with E-state index in [9.17, 15) is 42.3 Å². The Morgan fingerprint density at radius 3 is 2.50 bits per heavy atom. The summed E-state index contributed by atoms with van der Waals surface area (Å²) in [5.74, 6) is -5.37. The number of aliphatic carboxylic acids is 1. The molecular weight excluding hydrogens is 572 g/mol. The highest BCUT2D eigenvalue weighted by molar-refractivity contribution is 7.88. The molecule has 2 aromatic rings. The van der Waals surface area contributed by atoms with E-state index in [1.54, 1.807) is 36.4 Å². The highest BCUT2D eigenvalue weighted by Crippen LogP contribution is 2.25. The third-order valence-corrected chi connectivity index (χ3v) is 7.67. The lowest BCUT2D eigenvalue weighted by Gasteiger charge is -2.43. The second kappa shape index (κ2) is 12.7. The standard InChI is InChI=1S/C27H30N4O10S/c1-42(39,40)29-19-11-12-23(33)30-13-5-10-21(31(30)26(19)37)25(36)28-20(14-24(34)35)22(32)15-41-27(38)18-9-4-7-16-6-2-3-8-17(16)18/h2-4,6-9,19-21,29H,5,10-15H2,1H3,(H,28,36)(H,34,35)/t19-,20-,21-/m0/s1. The molecule has 3 atom stereocenters. The predicted octanol–water partition coefficient (Wildman–Crippen LogP) is -0.0286. The van der Waals surface area contributed by atoms with E-state index in [0.717, 1.165) is 21.7 Å². The third-order valence-electron chi connectivity index (χ3n) is 6.96. The largest absolute Gasteiger partial charge is 0.481 e. The molecule has 42 heavy (non-hydrogen) atoms. The van der Waals surface area contributed by atoms with Crippen LogP contribution in [0.5, 0.6) is 0 Å². The Hall–Kier alpha value is -4.37. The van der Waals surface area contributed by atoms with E-state index in [1.165, 1.54) is 6.07 Å². The number of carboxylic acid groups (broad SMARTS) is 1. The quantitative estimate of drug-likeness (QED) is 0.311. The lowest BCUT2D eigenvalue weighted by molar-refractivity contribution is -0.176. The van der Waals surface area contributed by atoms with Gasteiger partial charge in [0.25, 0.3) is 5.91 Å². The van der Waals surface area contributed by atoms with Crippen molar-refractivity contribution in [3.05, 3.63) is 48.0 Å². The summed E-state index contributed by atoms with van der Waals surface area (Å²) in [5, 5.41) is 15.0. The molecule has 0 spiro atoms. The van der Waals surface area contributed by atoms with Crippen molar-refractivity contribution in [2.24, 2.45) is 0 Å². The predicted molar refractivity (Wildman–Crippen MR) is 146 cm³/mol. The molecule has 2 fully saturated rings. The van der Waals surface area contributed by atoms with Crippen LogP contribution in [0.2, 0.25) is 0 Å². The number of ether oxygens (including phenoxy) is 1. The molecule has 0 bridgehead atoms. The van der Waals surface area contributed by atoms with Crippen LogP contribution in [0.3, 0.4) is 0 Å². The number of carboxylic acids is 1. The molecule has 15 heteroatoms. The van der Waals surface area contributed by atoms with Gasteiger partial charge in [-0.2, -0.15) is 0 Å². The molecule has 224 valence electrons. The maximum absolute atomic E-state index is 13.4. The first-order chi connectivity index (χ1) is 19.9. The van der Waals surface area contributed by atoms with E-state index in [1.807, 2.05) is 0 Å². The number of fused-ring (bicyclic) bond motifs is 2. The summed E-state index contributed by atoms with van der Waals surface area (Å²) >= 11 is 0. The summed E-state index contributed by atoms with van der Waals surface area (Å²) < 4.78 is 31.0. The monoisotopic (exact) mass is 602 g/mol. The number of esters is 1. The number of nitrogens with one attached hydrogen (secondary N) is 2. The maximum atomic E-state index is 13.4. The lowest BCUT2D eigenvalue weighted by atomic mass is 10.0. The van der Waals surface area contributed by atoms with Gasteiger partial charge >= 0.3 is 11.9 Å². The average Bonchev–Trinajstić information content (AvgIpc) is 3.06. The van der Waals surface area contributed by atoms with Crippen molar-refractivity contribution in [3.63, 3.8) is 0 Å². The van der Waals surface area contributed by atoms with Crippen LogP contribution in [0.15, 0.2) is 42.5 Å². The van der Waals surface area contributed by atoms with Crippen LogP contribution in [0.25, 0.3) is 10.8 Å². The van der Waals surface area contributed by atoms with Crippen molar-refractivity contribution >= 4 is 56.2 Å². The zero-order valence-corrected chi connectivity index (χ0v) is 23.5. The smallest absolute Gasteiger partial charge is 0.339 e. The lowest BCUT2D eigenvalue weighted by Crippen LogP contribution is -2.64. The zero-order chi connectivity index (χ0) is 30.6. The topological polar surface area (TPSA) is 197 Å². The Morgan fingerprint density at radius 1 is 1.07 bits per heavy atom. The summed E-state index contributed by atoms with van der Waals surface area (Å²) in [6.45, 7) is -0.722. The molecule has 2 aliphatic heterocycles. The van der Waals surface area contributed by atoms with Gasteiger partial charge in [-0.1, -0.05) is 36.4 Å². The fraction of sp³-hybridized carbons (Fsp3) is 0.407. The molecule has 0 saturated carbocycles. The first-order valence-corrected chi connectivity index (χ1v) is 15.1. The SMILES string of the molecule is CS(=O)(=O)N[C@H]1CCC(=O)N2CCC[C@@H](C(=O)N[C@@H](CC(=O)O)C(=O)COC(=O)c3cccc4ccccc34)N2C1=O. The van der Waals surface area contributed by atoms with Crippen molar-refractivity contribution in [1.29, 1.82) is 0 Å². The summed E-state index contributed by atoms with van der Waals surface area (Å²) in [6.07, 6.45) is 0.146. The number of Topliss-reactive ketones (excluding diaryl/α,β-unsaturated/α-hetero) is 1. The van der Waals surface area contributed by atoms with Crippen LogP contribution in [0, 0.1) is 0 Å². The van der Waals surface area contributed by atoms with Gasteiger partial charge in [0, 0.05) is 13.0 Å². The Bertz CT molecular complexity index is 1540. The molecule has 2 heterocycles. The van der Waals surface area contributed by atoms with Crippen molar-refractivity contribution in [1.82, 2.24) is 20.1 Å². The Kier molecular flexibility index (Phi) is 9.21. The number of nitrogens with zero attached hydrogens (tertiary/aromatic N) is 2. The summed E-state index contributed by atoms with van der Waals surface area (Å²) in [6, 6.07) is 7.76. The molecule has 4 rings (SSSR count). The van der Waals surface area contributed by atoms with Gasteiger partial charge < -0.3 is 15.2 Å². The van der Waals surface area contributed by atoms with Gasteiger partial charge in [-0.25, -0.2) is 22.9 Å². The number of ketones is 1. The van der Waals surface area contributed by atoms with Gasteiger partial charge in [-0.3, -0.25) is 29.0 Å². The average molecular weight is 603 g/mol. The second-order valence-electron chi connectivity index (χ2n) is 10.1. The minimum absolute atomic E-state index is 0.0665. The zero-order valence-electron chi connectivity index (χ0n) is 22.6. The molecule has 0 radical (unpaired) electrons. The van der Waals surface area contributed by atoms with Gasteiger partial charge in [0.1, 0.15) is 18.1 Å². The van der Waals surface area contributed by atoms with Crippen molar-refractivity contribution in [2.45, 2.75) is 50.2 Å². The van der Waals surface area contributed by atoms with Crippen LogP contribution in [-0.4, -0.2) is 96.5 Å². The minimum Gasteiger partial charge on any atom is -0.481 e. The van der Waals surface area contributed by atoms with Crippen LogP contribution in [0.4, 0.5) is 0 Å². The van der Waals surface area contributed by atoms with Crippen LogP contribution >= 0.6 is 0 Å². The maximum Gasteiger partial charge on any atom is 0.339 e. The molecule has 0 unspecified atom stereocenters. The fourth-order valence-electron chi connectivity index (χ4n) is 5.05. The number of hydrogen-bond acceptors (Lipinski definition) is 9. The van der Waals surface area contributed by atoms with Crippen molar-refractivity contribution < 1.29 is 47.0 Å². The van der Waals surface area contributed by atoms with Crippen molar-refractivity contribution in [2.75, 3.05) is 19.4 Å². The molecule has 3 amide bonds. The molecular formula is C27H30N4O10S. The van der Waals surface area contributed by atoms with Gasteiger partial charge in [0.15, 0.2) is 12.4 Å². The van der Waals surface area contributed by atoms with Crippen LogP contribution < -0.4 is 10.0 Å². The van der Waals surface area contributed by atoms with Gasteiger partial charge in [0.2, 0.25) is 21.8 Å². The normalized spacial score (nSPS) is 19.9. The Morgan fingerprint density at radius 2 is 1.79 bits per heavy atom. The van der Waals surface area contributed by atoms with Crippen LogP contribution in [0.1, 0.15) is 42.5 Å². The minimum atomic E-state index is -3.83. The number of carbonyl (C=O) groups is 6. The molecule has 0 aliphatic carbocycles. The molecule has 2 aromatic carbocycles. The molecule has 14 nitrogen and oxygen atoms in total.